The molecular formula is C9H8BrN3OS. The fraction of sp³-hybridized carbons (Fsp3) is 0. The number of hydrogen-bond donors (Lipinski definition) is 4. The zero-order valence-corrected chi connectivity index (χ0v) is 10.0. The van der Waals surface area contributed by atoms with Crippen molar-refractivity contribution in [2.24, 2.45) is 0 Å². The molecule has 0 aliphatic heterocycles. The van der Waals surface area contributed by atoms with Crippen LogP contribution < -0.4 is 10.0 Å². The molecule has 0 aliphatic carbocycles. The van der Waals surface area contributed by atoms with E-state index < -0.39 is 0 Å². The highest BCUT2D eigenvalue weighted by molar-refractivity contribution is 9.10. The van der Waals surface area contributed by atoms with Gasteiger partial charge in [-0.15, -0.1) is 0 Å². The van der Waals surface area contributed by atoms with E-state index in [0.29, 0.717) is 0 Å². The number of nitrogens with one attached hydrogen (secondary N) is 3. The van der Waals surface area contributed by atoms with Crippen LogP contribution in [0.3, 0.4) is 0 Å². The van der Waals surface area contributed by atoms with Crippen molar-refractivity contribution in [3.8, 4) is 0 Å². The monoisotopic (exact) mass is 285 g/mol. The molecule has 0 spiro atoms. The molecule has 2 aromatic rings. The van der Waals surface area contributed by atoms with Gasteiger partial charge in [0.2, 0.25) is 0 Å². The van der Waals surface area contributed by atoms with E-state index in [9.17, 15) is 4.79 Å². The summed E-state index contributed by atoms with van der Waals surface area (Å²) in [6.45, 7) is 0. The predicted octanol–water partition coefficient (Wildman–Crippen LogP) is 2.90. The summed E-state index contributed by atoms with van der Waals surface area (Å²) < 4.78 is 3.16. The summed E-state index contributed by atoms with van der Waals surface area (Å²) in [4.78, 5) is 14.1. The molecule has 2 rings (SSSR count). The van der Waals surface area contributed by atoms with Gasteiger partial charge in [-0.1, -0.05) is 28.7 Å². The Hall–Kier alpha value is -1.14. The van der Waals surface area contributed by atoms with Crippen LogP contribution >= 0.6 is 28.7 Å². The SMILES string of the molecule is O=C(NS)Nc1c[nH]c2ccc(Br)cc12. The highest BCUT2D eigenvalue weighted by Gasteiger charge is 2.06. The average molecular weight is 286 g/mol. The van der Waals surface area contributed by atoms with Crippen LogP contribution in [0.2, 0.25) is 0 Å². The van der Waals surface area contributed by atoms with Gasteiger partial charge in [0, 0.05) is 21.6 Å². The Balaban J connectivity index is 2.43. The van der Waals surface area contributed by atoms with Crippen molar-refractivity contribution in [1.82, 2.24) is 9.71 Å². The standard InChI is InChI=1S/C9H8BrN3OS/c10-5-1-2-7-6(3-5)8(4-11-7)12-9(14)13-15/h1-4,11,15H,(H2,12,13,14). The van der Waals surface area contributed by atoms with Gasteiger partial charge in [0.05, 0.1) is 5.69 Å². The van der Waals surface area contributed by atoms with Gasteiger partial charge >= 0.3 is 6.03 Å². The van der Waals surface area contributed by atoms with Gasteiger partial charge in [0.15, 0.2) is 0 Å². The van der Waals surface area contributed by atoms with E-state index in [1.165, 1.54) is 0 Å². The van der Waals surface area contributed by atoms with Crippen LogP contribution in [-0.2, 0) is 0 Å². The second-order valence-corrected chi connectivity index (χ2v) is 4.10. The molecule has 15 heavy (non-hydrogen) atoms. The second kappa shape index (κ2) is 4.16. The van der Waals surface area contributed by atoms with Crippen molar-refractivity contribution >= 4 is 51.4 Å². The molecule has 0 fully saturated rings. The molecule has 0 saturated carbocycles. The third kappa shape index (κ3) is 2.10. The minimum atomic E-state index is -0.362. The highest BCUT2D eigenvalue weighted by Crippen LogP contribution is 2.26. The molecule has 1 aromatic carbocycles. The van der Waals surface area contributed by atoms with Crippen molar-refractivity contribution in [1.29, 1.82) is 0 Å². The smallest absolute Gasteiger partial charge is 0.329 e. The topological polar surface area (TPSA) is 56.9 Å². The molecular weight excluding hydrogens is 278 g/mol. The van der Waals surface area contributed by atoms with E-state index in [1.807, 2.05) is 18.2 Å². The fourth-order valence-corrected chi connectivity index (χ4v) is 1.76. The Labute approximate surface area is 100 Å². The second-order valence-electron chi connectivity index (χ2n) is 2.96. The molecule has 0 aliphatic rings. The maximum atomic E-state index is 11.1. The Bertz CT molecular complexity index is 511. The molecule has 2 amide bonds. The van der Waals surface area contributed by atoms with Gasteiger partial charge in [-0.3, -0.25) is 4.72 Å². The van der Waals surface area contributed by atoms with Crippen LogP contribution in [0.5, 0.6) is 0 Å². The molecule has 0 atom stereocenters. The Kier molecular flexibility index (Phi) is 2.88. The van der Waals surface area contributed by atoms with Crippen LogP contribution in [0.15, 0.2) is 28.9 Å². The molecule has 0 radical (unpaired) electrons. The van der Waals surface area contributed by atoms with E-state index in [0.717, 1.165) is 21.1 Å². The number of urea groups is 1. The first-order valence-corrected chi connectivity index (χ1v) is 5.42. The van der Waals surface area contributed by atoms with Crippen molar-refractivity contribution in [3.05, 3.63) is 28.9 Å². The van der Waals surface area contributed by atoms with E-state index >= 15 is 0 Å². The van der Waals surface area contributed by atoms with Crippen LogP contribution in [0.25, 0.3) is 10.9 Å². The molecule has 4 nitrogen and oxygen atoms in total. The van der Waals surface area contributed by atoms with Gasteiger partial charge in [-0.05, 0) is 18.2 Å². The van der Waals surface area contributed by atoms with Gasteiger partial charge in [-0.2, -0.15) is 0 Å². The first-order chi connectivity index (χ1) is 7.20. The van der Waals surface area contributed by atoms with Crippen LogP contribution in [0.4, 0.5) is 10.5 Å². The summed E-state index contributed by atoms with van der Waals surface area (Å²) >= 11 is 7.04. The molecule has 3 N–H and O–H groups in total. The third-order valence-electron chi connectivity index (χ3n) is 1.99. The maximum absolute atomic E-state index is 11.1. The summed E-state index contributed by atoms with van der Waals surface area (Å²) in [6, 6.07) is 5.43. The number of carbonyl (C=O) groups is 1. The lowest BCUT2D eigenvalue weighted by Crippen LogP contribution is -2.20. The molecule has 1 heterocycles. The number of thiol groups is 1. The van der Waals surface area contributed by atoms with Gasteiger partial charge in [0.1, 0.15) is 0 Å². The maximum Gasteiger partial charge on any atom is 0.329 e. The zero-order valence-electron chi connectivity index (χ0n) is 7.54. The van der Waals surface area contributed by atoms with E-state index in [4.69, 9.17) is 0 Å². The van der Waals surface area contributed by atoms with E-state index in [1.54, 1.807) is 6.20 Å². The molecule has 78 valence electrons. The van der Waals surface area contributed by atoms with Gasteiger partial charge in [0.25, 0.3) is 0 Å². The lowest BCUT2D eigenvalue weighted by molar-refractivity contribution is 0.257. The number of fused-ring (bicyclic) bond motifs is 1. The quantitative estimate of drug-likeness (QED) is 0.599. The predicted molar refractivity (Wildman–Crippen MR) is 67.1 cm³/mol. The number of rotatable bonds is 1. The van der Waals surface area contributed by atoms with Crippen molar-refractivity contribution in [2.75, 3.05) is 5.32 Å². The summed E-state index contributed by atoms with van der Waals surface area (Å²) in [5, 5.41) is 3.61. The first-order valence-electron chi connectivity index (χ1n) is 4.18. The van der Waals surface area contributed by atoms with Gasteiger partial charge < -0.3 is 10.3 Å². The minimum Gasteiger partial charge on any atom is -0.359 e. The summed E-state index contributed by atoms with van der Waals surface area (Å²) in [7, 11) is 0. The summed E-state index contributed by atoms with van der Waals surface area (Å²) in [5.41, 5.74) is 1.69. The number of amides is 2. The van der Waals surface area contributed by atoms with Crippen LogP contribution in [-0.4, -0.2) is 11.0 Å². The first kappa shape index (κ1) is 10.4. The molecule has 0 bridgehead atoms. The molecule has 0 saturated heterocycles. The lowest BCUT2D eigenvalue weighted by atomic mass is 10.2. The van der Waals surface area contributed by atoms with Crippen molar-refractivity contribution < 1.29 is 4.79 Å². The lowest BCUT2D eigenvalue weighted by Gasteiger charge is -2.01. The number of carbonyl (C=O) groups excluding carboxylic acids is 1. The van der Waals surface area contributed by atoms with E-state index in [-0.39, 0.29) is 6.03 Å². The molecule has 1 aromatic heterocycles. The van der Waals surface area contributed by atoms with Crippen LogP contribution in [0, 0.1) is 0 Å². The summed E-state index contributed by atoms with van der Waals surface area (Å²) in [6.07, 6.45) is 1.74. The normalized spacial score (nSPS) is 10.3. The Morgan fingerprint density at radius 2 is 2.27 bits per heavy atom. The van der Waals surface area contributed by atoms with Crippen molar-refractivity contribution in [3.63, 3.8) is 0 Å². The third-order valence-corrected chi connectivity index (χ3v) is 2.69. The fourth-order valence-electron chi connectivity index (χ4n) is 1.35. The van der Waals surface area contributed by atoms with Crippen molar-refractivity contribution in [2.45, 2.75) is 0 Å². The molecule has 0 unspecified atom stereocenters. The minimum absolute atomic E-state index is 0.362. The number of anilines is 1. The highest BCUT2D eigenvalue weighted by atomic mass is 79.9. The number of hydrogen-bond acceptors (Lipinski definition) is 2. The summed E-state index contributed by atoms with van der Waals surface area (Å²) in [5.74, 6) is 0. The number of aromatic nitrogens is 1. The van der Waals surface area contributed by atoms with Gasteiger partial charge in [-0.25, -0.2) is 4.79 Å². The number of halogens is 1. The molecule has 6 heteroatoms. The largest absolute Gasteiger partial charge is 0.359 e. The Morgan fingerprint density at radius 1 is 1.47 bits per heavy atom. The number of H-pyrrole nitrogens is 1. The number of benzene rings is 1. The number of aromatic amines is 1. The zero-order chi connectivity index (χ0) is 10.8. The van der Waals surface area contributed by atoms with Crippen LogP contribution in [0.1, 0.15) is 0 Å². The Morgan fingerprint density at radius 3 is 3.00 bits per heavy atom. The van der Waals surface area contributed by atoms with E-state index in [2.05, 4.69) is 43.8 Å². The average Bonchev–Trinajstić information content (AvgIpc) is 2.61.